The van der Waals surface area contributed by atoms with Crippen molar-refractivity contribution in [3.8, 4) is 0 Å². The standard InChI is InChI=1S/C7H17N.ClH/c1-4-7(5-8)6(2)3;/h6-7H,4-5,8H2,1-3H3;1H. The zero-order valence-corrected chi connectivity index (χ0v) is 7.37. The van der Waals surface area contributed by atoms with E-state index < -0.39 is 0 Å². The van der Waals surface area contributed by atoms with Crippen molar-refractivity contribution in [1.29, 1.82) is 0 Å². The van der Waals surface area contributed by atoms with Gasteiger partial charge < -0.3 is 5.73 Å². The second kappa shape index (κ2) is 6.37. The van der Waals surface area contributed by atoms with Crippen molar-refractivity contribution in [1.82, 2.24) is 0 Å². The lowest BCUT2D eigenvalue weighted by molar-refractivity contribution is 0.383. The molecule has 2 N–H and O–H groups in total. The summed E-state index contributed by atoms with van der Waals surface area (Å²) in [6, 6.07) is 0. The SMILES string of the molecule is CCC(CN)C(C)C.Cl. The van der Waals surface area contributed by atoms with Crippen LogP contribution in [0, 0.1) is 11.8 Å². The summed E-state index contributed by atoms with van der Waals surface area (Å²) in [5.41, 5.74) is 5.48. The maximum atomic E-state index is 5.48. The molecule has 0 aromatic heterocycles. The van der Waals surface area contributed by atoms with Gasteiger partial charge in [0, 0.05) is 0 Å². The van der Waals surface area contributed by atoms with Crippen molar-refractivity contribution in [3.05, 3.63) is 0 Å². The molecule has 0 aliphatic heterocycles. The van der Waals surface area contributed by atoms with Gasteiger partial charge in [0.15, 0.2) is 0 Å². The van der Waals surface area contributed by atoms with E-state index in [0.29, 0.717) is 0 Å². The highest BCUT2D eigenvalue weighted by atomic mass is 35.5. The molecule has 9 heavy (non-hydrogen) atoms. The second-order valence-electron chi connectivity index (χ2n) is 2.65. The molecule has 0 aromatic rings. The molecular weight excluding hydrogens is 134 g/mol. The molecule has 0 saturated heterocycles. The minimum atomic E-state index is 0. The highest BCUT2D eigenvalue weighted by Gasteiger charge is 2.06. The van der Waals surface area contributed by atoms with Crippen LogP contribution >= 0.6 is 12.4 Å². The number of hydrogen-bond acceptors (Lipinski definition) is 1. The van der Waals surface area contributed by atoms with Crippen LogP contribution in [0.25, 0.3) is 0 Å². The largest absolute Gasteiger partial charge is 0.330 e. The van der Waals surface area contributed by atoms with Gasteiger partial charge in [-0.25, -0.2) is 0 Å². The molecule has 1 atom stereocenters. The molecule has 58 valence electrons. The van der Waals surface area contributed by atoms with Crippen LogP contribution in [0.5, 0.6) is 0 Å². The Morgan fingerprint density at radius 3 is 1.78 bits per heavy atom. The highest BCUT2D eigenvalue weighted by molar-refractivity contribution is 5.85. The topological polar surface area (TPSA) is 26.0 Å². The summed E-state index contributed by atoms with van der Waals surface area (Å²) >= 11 is 0. The van der Waals surface area contributed by atoms with E-state index in [2.05, 4.69) is 20.8 Å². The van der Waals surface area contributed by atoms with E-state index in [9.17, 15) is 0 Å². The molecule has 0 amide bonds. The third-order valence-electron chi connectivity index (χ3n) is 1.77. The maximum Gasteiger partial charge on any atom is -0.00465 e. The predicted molar refractivity (Wildman–Crippen MR) is 44.9 cm³/mol. The van der Waals surface area contributed by atoms with Crippen LogP contribution in [-0.2, 0) is 0 Å². The fraction of sp³-hybridized carbons (Fsp3) is 1.00. The summed E-state index contributed by atoms with van der Waals surface area (Å²) in [4.78, 5) is 0. The Kier molecular flexibility index (Phi) is 8.48. The van der Waals surface area contributed by atoms with Gasteiger partial charge in [-0.1, -0.05) is 27.2 Å². The molecule has 0 bridgehead atoms. The minimum absolute atomic E-state index is 0. The molecular formula is C7H18ClN. The van der Waals surface area contributed by atoms with Gasteiger partial charge in [0.2, 0.25) is 0 Å². The number of hydrogen-bond donors (Lipinski definition) is 1. The van der Waals surface area contributed by atoms with Gasteiger partial charge in [-0.3, -0.25) is 0 Å². The minimum Gasteiger partial charge on any atom is -0.330 e. The van der Waals surface area contributed by atoms with Crippen molar-refractivity contribution in [2.75, 3.05) is 6.54 Å². The zero-order valence-electron chi connectivity index (χ0n) is 6.55. The van der Waals surface area contributed by atoms with Gasteiger partial charge in [0.25, 0.3) is 0 Å². The lowest BCUT2D eigenvalue weighted by Gasteiger charge is -2.15. The fourth-order valence-corrected chi connectivity index (χ4v) is 0.910. The van der Waals surface area contributed by atoms with Gasteiger partial charge >= 0.3 is 0 Å². The number of halogens is 1. The molecule has 0 aliphatic carbocycles. The van der Waals surface area contributed by atoms with Crippen LogP contribution in [0.15, 0.2) is 0 Å². The Morgan fingerprint density at radius 2 is 1.78 bits per heavy atom. The van der Waals surface area contributed by atoms with E-state index in [1.807, 2.05) is 0 Å². The summed E-state index contributed by atoms with van der Waals surface area (Å²) in [5, 5.41) is 0. The van der Waals surface area contributed by atoms with Gasteiger partial charge in [-0.15, -0.1) is 12.4 Å². The van der Waals surface area contributed by atoms with Crippen LogP contribution in [0.4, 0.5) is 0 Å². The molecule has 2 heteroatoms. The summed E-state index contributed by atoms with van der Waals surface area (Å²) in [6.07, 6.45) is 1.22. The molecule has 0 spiro atoms. The summed E-state index contributed by atoms with van der Waals surface area (Å²) < 4.78 is 0. The van der Waals surface area contributed by atoms with Gasteiger partial charge in [0.05, 0.1) is 0 Å². The summed E-state index contributed by atoms with van der Waals surface area (Å²) in [5.74, 6) is 1.49. The van der Waals surface area contributed by atoms with Crippen LogP contribution in [0.2, 0.25) is 0 Å². The lowest BCUT2D eigenvalue weighted by atomic mass is 9.94. The maximum absolute atomic E-state index is 5.48. The third-order valence-corrected chi connectivity index (χ3v) is 1.77. The van der Waals surface area contributed by atoms with Crippen molar-refractivity contribution in [3.63, 3.8) is 0 Å². The molecule has 1 unspecified atom stereocenters. The van der Waals surface area contributed by atoms with E-state index in [-0.39, 0.29) is 12.4 Å². The quantitative estimate of drug-likeness (QED) is 0.657. The Labute approximate surface area is 64.4 Å². The Hall–Kier alpha value is 0.250. The zero-order chi connectivity index (χ0) is 6.57. The average molecular weight is 152 g/mol. The van der Waals surface area contributed by atoms with Crippen molar-refractivity contribution in [2.45, 2.75) is 27.2 Å². The van der Waals surface area contributed by atoms with Gasteiger partial charge in [0.1, 0.15) is 0 Å². The first-order chi connectivity index (χ1) is 3.72. The van der Waals surface area contributed by atoms with E-state index in [4.69, 9.17) is 5.73 Å². The Balaban J connectivity index is 0. The molecule has 0 saturated carbocycles. The van der Waals surface area contributed by atoms with E-state index >= 15 is 0 Å². The van der Waals surface area contributed by atoms with Gasteiger partial charge in [-0.2, -0.15) is 0 Å². The van der Waals surface area contributed by atoms with Crippen LogP contribution in [0.1, 0.15) is 27.2 Å². The van der Waals surface area contributed by atoms with Crippen LogP contribution < -0.4 is 5.73 Å². The van der Waals surface area contributed by atoms with Gasteiger partial charge in [-0.05, 0) is 18.4 Å². The fourth-order valence-electron chi connectivity index (χ4n) is 0.910. The third kappa shape index (κ3) is 4.73. The molecule has 0 rings (SSSR count). The van der Waals surface area contributed by atoms with E-state index in [0.717, 1.165) is 18.4 Å². The van der Waals surface area contributed by atoms with Crippen molar-refractivity contribution < 1.29 is 0 Å². The first kappa shape index (κ1) is 12.0. The molecule has 0 fully saturated rings. The number of rotatable bonds is 3. The highest BCUT2D eigenvalue weighted by Crippen LogP contribution is 2.11. The molecule has 0 heterocycles. The molecule has 1 nitrogen and oxygen atoms in total. The average Bonchev–Trinajstić information content (AvgIpc) is 1.69. The normalized spacial score (nSPS) is 13.0. The molecule has 0 aromatic carbocycles. The first-order valence-electron chi connectivity index (χ1n) is 3.42. The first-order valence-corrected chi connectivity index (χ1v) is 3.42. The van der Waals surface area contributed by atoms with Crippen LogP contribution in [0.3, 0.4) is 0 Å². The second-order valence-corrected chi connectivity index (χ2v) is 2.65. The lowest BCUT2D eigenvalue weighted by Crippen LogP contribution is -2.18. The van der Waals surface area contributed by atoms with Crippen molar-refractivity contribution in [2.24, 2.45) is 17.6 Å². The monoisotopic (exact) mass is 151 g/mol. The van der Waals surface area contributed by atoms with E-state index in [1.165, 1.54) is 6.42 Å². The Bertz CT molecular complexity index is 50.9. The Morgan fingerprint density at radius 1 is 1.33 bits per heavy atom. The predicted octanol–water partition coefficient (Wildman–Crippen LogP) is 2.05. The molecule has 0 radical (unpaired) electrons. The summed E-state index contributed by atoms with van der Waals surface area (Å²) in [6.45, 7) is 7.48. The number of nitrogens with two attached hydrogens (primary N) is 1. The van der Waals surface area contributed by atoms with E-state index in [1.54, 1.807) is 0 Å². The summed E-state index contributed by atoms with van der Waals surface area (Å²) in [7, 11) is 0. The molecule has 0 aliphatic rings. The van der Waals surface area contributed by atoms with Crippen molar-refractivity contribution >= 4 is 12.4 Å². The smallest absolute Gasteiger partial charge is 0.00465 e. The van der Waals surface area contributed by atoms with Crippen LogP contribution in [-0.4, -0.2) is 6.54 Å².